The molecule has 2 N–H and O–H groups in total. The Morgan fingerprint density at radius 3 is 2.58 bits per heavy atom. The highest BCUT2D eigenvalue weighted by Gasteiger charge is 2.15. The van der Waals surface area contributed by atoms with E-state index in [1.807, 2.05) is 14.1 Å². The van der Waals surface area contributed by atoms with E-state index >= 15 is 0 Å². The van der Waals surface area contributed by atoms with Gasteiger partial charge in [-0.3, -0.25) is 4.79 Å². The number of carbonyl (C=O) groups is 2. The van der Waals surface area contributed by atoms with Gasteiger partial charge in [0.15, 0.2) is 5.78 Å². The third-order valence-electron chi connectivity index (χ3n) is 3.05. The number of carboxylic acids is 1. The second kappa shape index (κ2) is 4.85. The molecule has 0 atom stereocenters. The van der Waals surface area contributed by atoms with E-state index < -0.39 is 5.97 Å². The van der Waals surface area contributed by atoms with Gasteiger partial charge >= 0.3 is 5.97 Å². The van der Waals surface area contributed by atoms with E-state index in [1.165, 1.54) is 0 Å². The number of fused-ring (bicyclic) bond motifs is 1. The van der Waals surface area contributed by atoms with Crippen LogP contribution in [0.5, 0.6) is 0 Å². The van der Waals surface area contributed by atoms with Crippen LogP contribution in [0, 0.1) is 6.92 Å². The number of aryl methyl sites for hydroxylation is 1. The van der Waals surface area contributed by atoms with Crippen molar-refractivity contribution in [2.24, 2.45) is 0 Å². The lowest BCUT2D eigenvalue weighted by atomic mass is 10.1. The minimum atomic E-state index is -0.991. The SMILES string of the molecule is Cc1c(C(=O)O)[nH]c2ccc(C(=O)CN(C)C)cc12. The van der Waals surface area contributed by atoms with Gasteiger partial charge in [-0.1, -0.05) is 0 Å². The van der Waals surface area contributed by atoms with Gasteiger partial charge in [0.1, 0.15) is 5.69 Å². The van der Waals surface area contributed by atoms with Crippen LogP contribution in [0.4, 0.5) is 0 Å². The van der Waals surface area contributed by atoms with Gasteiger partial charge in [0.2, 0.25) is 0 Å². The largest absolute Gasteiger partial charge is 0.477 e. The molecule has 0 spiro atoms. The molecule has 0 unspecified atom stereocenters. The molecule has 0 bridgehead atoms. The average Bonchev–Trinajstić information content (AvgIpc) is 2.65. The van der Waals surface area contributed by atoms with Crippen molar-refractivity contribution in [3.8, 4) is 0 Å². The van der Waals surface area contributed by atoms with Gasteiger partial charge in [0.25, 0.3) is 0 Å². The summed E-state index contributed by atoms with van der Waals surface area (Å²) in [6.45, 7) is 2.07. The quantitative estimate of drug-likeness (QED) is 0.824. The summed E-state index contributed by atoms with van der Waals surface area (Å²) in [5.74, 6) is -0.973. The van der Waals surface area contributed by atoms with Crippen LogP contribution in [0.25, 0.3) is 10.9 Å². The fourth-order valence-electron chi connectivity index (χ4n) is 2.09. The van der Waals surface area contributed by atoms with Crippen molar-refractivity contribution in [2.75, 3.05) is 20.6 Å². The molecule has 1 aromatic carbocycles. The number of likely N-dealkylation sites (N-methyl/N-ethyl adjacent to an activating group) is 1. The molecule has 5 heteroatoms. The summed E-state index contributed by atoms with van der Waals surface area (Å²) in [7, 11) is 3.67. The fourth-order valence-corrected chi connectivity index (χ4v) is 2.09. The smallest absolute Gasteiger partial charge is 0.352 e. The van der Waals surface area contributed by atoms with E-state index in [2.05, 4.69) is 4.98 Å². The second-order valence-corrected chi connectivity index (χ2v) is 4.85. The van der Waals surface area contributed by atoms with E-state index in [9.17, 15) is 9.59 Å². The zero-order valence-corrected chi connectivity index (χ0v) is 11.2. The Labute approximate surface area is 110 Å². The van der Waals surface area contributed by atoms with Gasteiger partial charge in [-0.2, -0.15) is 0 Å². The Kier molecular flexibility index (Phi) is 3.40. The van der Waals surface area contributed by atoms with Gasteiger partial charge in [0, 0.05) is 16.5 Å². The minimum Gasteiger partial charge on any atom is -0.477 e. The number of aromatic carboxylic acids is 1. The normalized spacial score (nSPS) is 11.2. The number of aromatic amines is 1. The molecular weight excluding hydrogens is 244 g/mol. The highest BCUT2D eigenvalue weighted by molar-refractivity contribution is 6.03. The van der Waals surface area contributed by atoms with E-state index in [1.54, 1.807) is 30.0 Å². The highest BCUT2D eigenvalue weighted by atomic mass is 16.4. The fraction of sp³-hybridized carbons (Fsp3) is 0.286. The first-order valence-electron chi connectivity index (χ1n) is 5.93. The molecule has 19 heavy (non-hydrogen) atoms. The van der Waals surface area contributed by atoms with Crippen LogP contribution in [-0.2, 0) is 0 Å². The Hall–Kier alpha value is -2.14. The number of carboxylic acid groups (broad SMARTS) is 1. The molecule has 0 aliphatic carbocycles. The molecule has 1 aromatic heterocycles. The Balaban J connectivity index is 2.48. The first-order valence-corrected chi connectivity index (χ1v) is 5.93. The van der Waals surface area contributed by atoms with E-state index in [0.717, 1.165) is 10.9 Å². The van der Waals surface area contributed by atoms with Crippen molar-refractivity contribution in [2.45, 2.75) is 6.92 Å². The monoisotopic (exact) mass is 260 g/mol. The molecular formula is C14H16N2O3. The van der Waals surface area contributed by atoms with Crippen LogP contribution >= 0.6 is 0 Å². The number of H-pyrrole nitrogens is 1. The Morgan fingerprint density at radius 1 is 1.32 bits per heavy atom. The van der Waals surface area contributed by atoms with Crippen LogP contribution in [0.2, 0.25) is 0 Å². The van der Waals surface area contributed by atoms with Gasteiger partial charge in [-0.15, -0.1) is 0 Å². The number of hydrogen-bond acceptors (Lipinski definition) is 3. The molecule has 1 heterocycles. The van der Waals surface area contributed by atoms with Crippen molar-refractivity contribution in [3.05, 3.63) is 35.0 Å². The van der Waals surface area contributed by atoms with E-state index in [-0.39, 0.29) is 11.5 Å². The summed E-state index contributed by atoms with van der Waals surface area (Å²) in [6.07, 6.45) is 0. The lowest BCUT2D eigenvalue weighted by Gasteiger charge is -2.08. The topological polar surface area (TPSA) is 73.4 Å². The molecule has 0 saturated heterocycles. The number of ketones is 1. The third-order valence-corrected chi connectivity index (χ3v) is 3.05. The van der Waals surface area contributed by atoms with Crippen LogP contribution in [0.15, 0.2) is 18.2 Å². The molecule has 5 nitrogen and oxygen atoms in total. The van der Waals surface area contributed by atoms with Crippen molar-refractivity contribution < 1.29 is 14.7 Å². The number of nitrogens with one attached hydrogen (secondary N) is 1. The number of rotatable bonds is 4. The number of aromatic nitrogens is 1. The highest BCUT2D eigenvalue weighted by Crippen LogP contribution is 2.23. The first-order chi connectivity index (χ1) is 8.90. The maximum Gasteiger partial charge on any atom is 0.352 e. The van der Waals surface area contributed by atoms with Gasteiger partial charge in [0.05, 0.1) is 6.54 Å². The summed E-state index contributed by atoms with van der Waals surface area (Å²) in [4.78, 5) is 27.7. The zero-order chi connectivity index (χ0) is 14.2. The van der Waals surface area contributed by atoms with Gasteiger partial charge in [-0.05, 0) is 44.8 Å². The molecule has 0 fully saturated rings. The van der Waals surface area contributed by atoms with Crippen LogP contribution in [0.1, 0.15) is 26.4 Å². The molecule has 0 saturated carbocycles. The molecule has 2 rings (SSSR count). The second-order valence-electron chi connectivity index (χ2n) is 4.85. The lowest BCUT2D eigenvalue weighted by Crippen LogP contribution is -2.21. The summed E-state index contributed by atoms with van der Waals surface area (Å²) in [5, 5.41) is 9.84. The van der Waals surface area contributed by atoms with Crippen LogP contribution < -0.4 is 0 Å². The van der Waals surface area contributed by atoms with Crippen molar-refractivity contribution >= 4 is 22.7 Å². The molecule has 100 valence electrons. The van der Waals surface area contributed by atoms with Crippen molar-refractivity contribution in [1.29, 1.82) is 0 Å². The molecule has 2 aromatic rings. The number of benzene rings is 1. The summed E-state index contributed by atoms with van der Waals surface area (Å²) >= 11 is 0. The van der Waals surface area contributed by atoms with Gasteiger partial charge in [-0.25, -0.2) is 4.79 Å². The maximum absolute atomic E-state index is 12.0. The Bertz CT molecular complexity index is 656. The predicted molar refractivity (Wildman–Crippen MR) is 72.9 cm³/mol. The lowest BCUT2D eigenvalue weighted by molar-refractivity contribution is 0.0690. The van der Waals surface area contributed by atoms with E-state index in [4.69, 9.17) is 5.11 Å². The van der Waals surface area contributed by atoms with E-state index in [0.29, 0.717) is 17.7 Å². The number of nitrogens with zero attached hydrogens (tertiary/aromatic N) is 1. The van der Waals surface area contributed by atoms with Crippen LogP contribution in [0.3, 0.4) is 0 Å². The summed E-state index contributed by atoms with van der Waals surface area (Å²) in [6, 6.07) is 5.22. The zero-order valence-electron chi connectivity index (χ0n) is 11.2. The molecule has 0 radical (unpaired) electrons. The maximum atomic E-state index is 12.0. The third kappa shape index (κ3) is 2.51. The van der Waals surface area contributed by atoms with Crippen LogP contribution in [-0.4, -0.2) is 47.4 Å². The van der Waals surface area contributed by atoms with Crippen molar-refractivity contribution in [1.82, 2.24) is 9.88 Å². The Morgan fingerprint density at radius 2 is 2.00 bits per heavy atom. The molecule has 0 aliphatic heterocycles. The van der Waals surface area contributed by atoms with Crippen molar-refractivity contribution in [3.63, 3.8) is 0 Å². The number of carbonyl (C=O) groups excluding carboxylic acids is 1. The number of Topliss-reactive ketones (excluding diaryl/α,β-unsaturated/α-hetero) is 1. The number of hydrogen-bond donors (Lipinski definition) is 2. The first kappa shape index (κ1) is 13.3. The summed E-state index contributed by atoms with van der Waals surface area (Å²) in [5.41, 5.74) is 2.16. The average molecular weight is 260 g/mol. The van der Waals surface area contributed by atoms with Gasteiger partial charge < -0.3 is 15.0 Å². The minimum absolute atomic E-state index is 0.0179. The molecule has 0 amide bonds. The predicted octanol–water partition coefficient (Wildman–Crippen LogP) is 1.92. The molecule has 0 aliphatic rings. The summed E-state index contributed by atoms with van der Waals surface area (Å²) < 4.78 is 0. The standard InChI is InChI=1S/C14H16N2O3/c1-8-10-6-9(12(17)7-16(2)3)4-5-11(10)15-13(8)14(18)19/h4-6,15H,7H2,1-3H3,(H,18,19).